The predicted molar refractivity (Wildman–Crippen MR) is 123 cm³/mol. The van der Waals surface area contributed by atoms with Gasteiger partial charge in [-0.05, 0) is 31.6 Å². The SMILES string of the molecule is CCCCCCCC[C@@H]1O[C@H]1CCCCCCCC(=O)OC[C@H](CC)CCCC. The third-order valence-corrected chi connectivity index (χ3v) is 6.42. The molecule has 0 aliphatic carbocycles. The average molecular weight is 411 g/mol. The molecule has 0 aromatic heterocycles. The highest BCUT2D eigenvalue weighted by molar-refractivity contribution is 5.69. The molecule has 0 bridgehead atoms. The molecule has 0 radical (unpaired) electrons. The topological polar surface area (TPSA) is 38.8 Å². The molecule has 1 heterocycles. The van der Waals surface area contributed by atoms with Gasteiger partial charge in [0.2, 0.25) is 0 Å². The Morgan fingerprint density at radius 1 is 0.759 bits per heavy atom. The van der Waals surface area contributed by atoms with E-state index in [-0.39, 0.29) is 5.97 Å². The molecule has 1 fully saturated rings. The number of unbranched alkanes of at least 4 members (excludes halogenated alkanes) is 10. The first-order chi connectivity index (χ1) is 14.2. The lowest BCUT2D eigenvalue weighted by molar-refractivity contribution is -0.145. The number of hydrogen-bond acceptors (Lipinski definition) is 3. The Labute approximate surface area is 181 Å². The summed E-state index contributed by atoms with van der Waals surface area (Å²) >= 11 is 0. The minimum atomic E-state index is 0.00358. The van der Waals surface area contributed by atoms with Gasteiger partial charge in [-0.15, -0.1) is 0 Å². The lowest BCUT2D eigenvalue weighted by atomic mass is 10.0. The van der Waals surface area contributed by atoms with E-state index in [9.17, 15) is 4.79 Å². The monoisotopic (exact) mass is 410 g/mol. The molecule has 0 unspecified atom stereocenters. The second-order valence-electron chi connectivity index (χ2n) is 9.18. The molecule has 0 spiro atoms. The van der Waals surface area contributed by atoms with Crippen LogP contribution >= 0.6 is 0 Å². The molecule has 1 rings (SSSR count). The number of carbonyl (C=O) groups excluding carboxylic acids is 1. The molecule has 29 heavy (non-hydrogen) atoms. The van der Waals surface area contributed by atoms with Crippen LogP contribution in [0.15, 0.2) is 0 Å². The van der Waals surface area contributed by atoms with E-state index in [4.69, 9.17) is 9.47 Å². The van der Waals surface area contributed by atoms with Gasteiger partial charge in [-0.3, -0.25) is 4.79 Å². The quantitative estimate of drug-likeness (QED) is 0.109. The largest absolute Gasteiger partial charge is 0.465 e. The van der Waals surface area contributed by atoms with Crippen LogP contribution in [0, 0.1) is 5.92 Å². The van der Waals surface area contributed by atoms with Crippen molar-refractivity contribution >= 4 is 5.97 Å². The minimum absolute atomic E-state index is 0.00358. The number of hydrogen-bond donors (Lipinski definition) is 0. The van der Waals surface area contributed by atoms with Crippen molar-refractivity contribution in [3.8, 4) is 0 Å². The van der Waals surface area contributed by atoms with Crippen molar-refractivity contribution in [2.24, 2.45) is 5.92 Å². The molecular weight excluding hydrogens is 360 g/mol. The standard InChI is InChI=1S/C26H50O3/c1-4-7-9-10-12-15-19-24-25(29-24)20-16-13-11-14-17-21-26(27)28-22-23(6-3)18-8-5-2/h23-25H,4-22H2,1-3H3/t23-,24+,25+/m1/s1. The zero-order chi connectivity index (χ0) is 21.2. The van der Waals surface area contributed by atoms with E-state index < -0.39 is 0 Å². The van der Waals surface area contributed by atoms with E-state index in [0.29, 0.717) is 31.2 Å². The highest BCUT2D eigenvalue weighted by Gasteiger charge is 2.36. The summed E-state index contributed by atoms with van der Waals surface area (Å²) in [5, 5.41) is 0. The molecule has 1 aliphatic heterocycles. The Kier molecular flexibility index (Phi) is 16.6. The highest BCUT2D eigenvalue weighted by Crippen LogP contribution is 2.31. The fourth-order valence-electron chi connectivity index (χ4n) is 4.14. The first-order valence-corrected chi connectivity index (χ1v) is 13.0. The van der Waals surface area contributed by atoms with Crippen LogP contribution in [0.3, 0.4) is 0 Å². The summed E-state index contributed by atoms with van der Waals surface area (Å²) in [4.78, 5) is 11.9. The van der Waals surface area contributed by atoms with Gasteiger partial charge in [-0.2, -0.15) is 0 Å². The van der Waals surface area contributed by atoms with Crippen LogP contribution in [0.2, 0.25) is 0 Å². The van der Waals surface area contributed by atoms with E-state index in [1.165, 1.54) is 89.9 Å². The van der Waals surface area contributed by atoms with Crippen molar-refractivity contribution in [3.63, 3.8) is 0 Å². The summed E-state index contributed by atoms with van der Waals surface area (Å²) in [7, 11) is 0. The van der Waals surface area contributed by atoms with Gasteiger partial charge in [0.05, 0.1) is 18.8 Å². The second-order valence-corrected chi connectivity index (χ2v) is 9.18. The van der Waals surface area contributed by atoms with E-state index in [1.54, 1.807) is 0 Å². The zero-order valence-electron chi connectivity index (χ0n) is 19.9. The molecule has 0 saturated carbocycles. The van der Waals surface area contributed by atoms with Crippen molar-refractivity contribution in [3.05, 3.63) is 0 Å². The van der Waals surface area contributed by atoms with Crippen molar-refractivity contribution in [2.45, 2.75) is 149 Å². The van der Waals surface area contributed by atoms with Gasteiger partial charge >= 0.3 is 5.97 Å². The Morgan fingerprint density at radius 3 is 1.90 bits per heavy atom. The summed E-state index contributed by atoms with van der Waals surface area (Å²) in [6.07, 6.45) is 23.1. The van der Waals surface area contributed by atoms with Crippen LogP contribution in [0.4, 0.5) is 0 Å². The Morgan fingerprint density at radius 2 is 1.31 bits per heavy atom. The molecule has 1 saturated heterocycles. The fourth-order valence-corrected chi connectivity index (χ4v) is 4.14. The van der Waals surface area contributed by atoms with Crippen molar-refractivity contribution < 1.29 is 14.3 Å². The van der Waals surface area contributed by atoms with Crippen LogP contribution in [-0.4, -0.2) is 24.8 Å². The maximum atomic E-state index is 11.9. The van der Waals surface area contributed by atoms with Crippen LogP contribution in [0.25, 0.3) is 0 Å². The smallest absolute Gasteiger partial charge is 0.305 e. The normalized spacial score (nSPS) is 19.3. The van der Waals surface area contributed by atoms with Crippen molar-refractivity contribution in [1.29, 1.82) is 0 Å². The van der Waals surface area contributed by atoms with Crippen LogP contribution in [-0.2, 0) is 14.3 Å². The molecule has 0 aromatic rings. The van der Waals surface area contributed by atoms with E-state index >= 15 is 0 Å². The zero-order valence-corrected chi connectivity index (χ0v) is 19.9. The fraction of sp³-hybridized carbons (Fsp3) is 0.962. The molecule has 0 aromatic carbocycles. The van der Waals surface area contributed by atoms with E-state index in [0.717, 1.165) is 19.3 Å². The Balaban J connectivity index is 1.84. The summed E-state index contributed by atoms with van der Waals surface area (Å²) in [5.41, 5.74) is 0. The Bertz CT molecular complexity index is 382. The van der Waals surface area contributed by atoms with Crippen LogP contribution in [0.5, 0.6) is 0 Å². The molecule has 1 aliphatic rings. The van der Waals surface area contributed by atoms with Gasteiger partial charge in [0.15, 0.2) is 0 Å². The number of esters is 1. The van der Waals surface area contributed by atoms with E-state index in [1.807, 2.05) is 0 Å². The molecule has 172 valence electrons. The Hall–Kier alpha value is -0.570. The van der Waals surface area contributed by atoms with Gasteiger partial charge in [0.1, 0.15) is 0 Å². The third kappa shape index (κ3) is 15.0. The number of rotatable bonds is 21. The number of carbonyl (C=O) groups is 1. The second kappa shape index (κ2) is 18.2. The summed E-state index contributed by atoms with van der Waals surface area (Å²) < 4.78 is 11.3. The first-order valence-electron chi connectivity index (χ1n) is 13.0. The highest BCUT2D eigenvalue weighted by atomic mass is 16.6. The molecule has 3 nitrogen and oxygen atoms in total. The maximum Gasteiger partial charge on any atom is 0.305 e. The van der Waals surface area contributed by atoms with Crippen molar-refractivity contribution in [2.75, 3.05) is 6.61 Å². The third-order valence-electron chi connectivity index (χ3n) is 6.42. The minimum Gasteiger partial charge on any atom is -0.465 e. The number of ether oxygens (including phenoxy) is 2. The van der Waals surface area contributed by atoms with Gasteiger partial charge in [0, 0.05) is 6.42 Å². The lowest BCUT2D eigenvalue weighted by Gasteiger charge is -2.14. The first kappa shape index (κ1) is 26.5. The molecule has 0 N–H and O–H groups in total. The lowest BCUT2D eigenvalue weighted by Crippen LogP contribution is -2.13. The van der Waals surface area contributed by atoms with Gasteiger partial charge in [0.25, 0.3) is 0 Å². The maximum absolute atomic E-state index is 11.9. The average Bonchev–Trinajstić information content (AvgIpc) is 3.48. The van der Waals surface area contributed by atoms with E-state index in [2.05, 4.69) is 20.8 Å². The van der Waals surface area contributed by atoms with Gasteiger partial charge < -0.3 is 9.47 Å². The number of epoxide rings is 1. The summed E-state index contributed by atoms with van der Waals surface area (Å²) in [5.74, 6) is 0.553. The molecule has 3 heteroatoms. The van der Waals surface area contributed by atoms with Gasteiger partial charge in [-0.1, -0.05) is 104 Å². The molecular formula is C26H50O3. The summed E-state index contributed by atoms with van der Waals surface area (Å²) in [6, 6.07) is 0. The van der Waals surface area contributed by atoms with Crippen molar-refractivity contribution in [1.82, 2.24) is 0 Å². The summed E-state index contributed by atoms with van der Waals surface area (Å²) in [6.45, 7) is 7.30. The molecule has 3 atom stereocenters. The van der Waals surface area contributed by atoms with Crippen LogP contribution in [0.1, 0.15) is 136 Å². The van der Waals surface area contributed by atoms with Gasteiger partial charge in [-0.25, -0.2) is 0 Å². The molecule has 0 amide bonds. The predicted octanol–water partition coefficient (Wildman–Crippen LogP) is 7.99. The van der Waals surface area contributed by atoms with Crippen LogP contribution < -0.4 is 0 Å².